The van der Waals surface area contributed by atoms with E-state index in [2.05, 4.69) is 36.0 Å². The highest BCUT2D eigenvalue weighted by Crippen LogP contribution is 2.61. The Morgan fingerprint density at radius 1 is 1.17 bits per heavy atom. The lowest BCUT2D eigenvalue weighted by Crippen LogP contribution is -2.47. The highest BCUT2D eigenvalue weighted by Gasteiger charge is 2.50. The highest BCUT2D eigenvalue weighted by atomic mass is 19.4. The minimum atomic E-state index is -5.08. The Kier molecular flexibility index (Phi) is 6.32. The predicted octanol–water partition coefficient (Wildman–Crippen LogP) is 4.70. The number of carbonyl (C=O) groups is 1. The summed E-state index contributed by atoms with van der Waals surface area (Å²) in [5.74, 6) is 0.479. The van der Waals surface area contributed by atoms with Crippen LogP contribution in [0.5, 0.6) is 0 Å². The normalized spacial score (nSPS) is 30.4. The first-order valence-electron chi connectivity index (χ1n) is 10.5. The molecule has 0 spiro atoms. The first-order chi connectivity index (χ1) is 13.5. The predicted molar refractivity (Wildman–Crippen MR) is 103 cm³/mol. The molecule has 0 unspecified atom stereocenters. The minimum Gasteiger partial charge on any atom is -0.475 e. The van der Waals surface area contributed by atoms with Crippen molar-refractivity contribution < 1.29 is 23.1 Å². The van der Waals surface area contributed by atoms with Gasteiger partial charge in [0.05, 0.1) is 5.69 Å². The second-order valence-corrected chi connectivity index (χ2v) is 9.62. The van der Waals surface area contributed by atoms with E-state index in [1.807, 2.05) is 0 Å². The van der Waals surface area contributed by atoms with Crippen LogP contribution in [0.25, 0.3) is 0 Å². The summed E-state index contributed by atoms with van der Waals surface area (Å²) in [6.07, 6.45) is 5.63. The summed E-state index contributed by atoms with van der Waals surface area (Å²) in [4.78, 5) is 11.4. The molecule has 0 saturated heterocycles. The molecule has 0 aliphatic heterocycles. The molecule has 4 aliphatic rings. The van der Waals surface area contributed by atoms with Crippen LogP contribution in [0.3, 0.4) is 0 Å². The summed E-state index contributed by atoms with van der Waals surface area (Å²) in [5, 5.41) is 14.6. The highest BCUT2D eigenvalue weighted by molar-refractivity contribution is 5.73. The molecule has 4 aliphatic carbocycles. The van der Waals surface area contributed by atoms with Crippen molar-refractivity contribution in [3.8, 4) is 0 Å². The number of H-pyrrole nitrogens is 1. The van der Waals surface area contributed by atoms with Gasteiger partial charge in [-0.15, -0.1) is 0 Å². The van der Waals surface area contributed by atoms with Crippen molar-refractivity contribution in [2.75, 3.05) is 13.6 Å². The first-order valence-corrected chi connectivity index (χ1v) is 10.5. The molecule has 5 rings (SSSR count). The van der Waals surface area contributed by atoms with Crippen LogP contribution in [0.4, 0.5) is 13.2 Å². The van der Waals surface area contributed by atoms with Gasteiger partial charge in [-0.2, -0.15) is 18.3 Å². The fourth-order valence-corrected chi connectivity index (χ4v) is 6.18. The van der Waals surface area contributed by atoms with Crippen LogP contribution in [0.1, 0.15) is 61.9 Å². The molecule has 29 heavy (non-hydrogen) atoms. The van der Waals surface area contributed by atoms with E-state index in [-0.39, 0.29) is 0 Å². The van der Waals surface area contributed by atoms with Gasteiger partial charge in [0.2, 0.25) is 0 Å². The van der Waals surface area contributed by atoms with E-state index in [1.165, 1.54) is 49.2 Å². The third kappa shape index (κ3) is 5.32. The number of hydrogen-bond donors (Lipinski definition) is 2. The molecule has 1 aromatic rings. The average molecular weight is 416 g/mol. The largest absolute Gasteiger partial charge is 0.490 e. The second kappa shape index (κ2) is 8.28. The molecule has 4 bridgehead atoms. The van der Waals surface area contributed by atoms with Gasteiger partial charge in [-0.05, 0) is 95.6 Å². The number of aryl methyl sites for hydroxylation is 2. The van der Waals surface area contributed by atoms with Crippen LogP contribution in [0.2, 0.25) is 0 Å². The Labute approximate surface area is 170 Å². The maximum absolute atomic E-state index is 10.6. The number of aromatic amines is 1. The summed E-state index contributed by atoms with van der Waals surface area (Å²) in [6, 6.07) is 0. The maximum atomic E-state index is 10.6. The van der Waals surface area contributed by atoms with Crippen LogP contribution in [-0.4, -0.2) is 45.9 Å². The molecule has 164 valence electrons. The third-order valence-corrected chi connectivity index (χ3v) is 7.14. The standard InChI is InChI=1S/C19H31N3.C2HF3O2/c1-13-18(14(2)21-20-13)12-22(3)5-4-19-9-15-6-16(10-19)8-17(7-15)11-19;3-2(4,5)1(6)7/h15-17H,4-12H2,1-3H3,(H,20,21);(H,6,7). The van der Waals surface area contributed by atoms with Gasteiger partial charge < -0.3 is 10.0 Å². The van der Waals surface area contributed by atoms with Crippen LogP contribution in [-0.2, 0) is 11.3 Å². The van der Waals surface area contributed by atoms with Crippen LogP contribution in [0, 0.1) is 37.0 Å². The number of halogens is 3. The molecule has 8 heteroatoms. The molecule has 0 aromatic carbocycles. The van der Waals surface area contributed by atoms with E-state index in [0.29, 0.717) is 5.41 Å². The number of aliphatic carboxylic acids is 1. The molecule has 0 atom stereocenters. The number of aromatic nitrogens is 2. The van der Waals surface area contributed by atoms with E-state index >= 15 is 0 Å². The van der Waals surface area contributed by atoms with Gasteiger partial charge in [0.15, 0.2) is 0 Å². The van der Waals surface area contributed by atoms with E-state index < -0.39 is 12.1 Å². The second-order valence-electron chi connectivity index (χ2n) is 9.62. The van der Waals surface area contributed by atoms with Crippen molar-refractivity contribution in [2.24, 2.45) is 23.2 Å². The molecule has 1 aromatic heterocycles. The molecule has 2 N–H and O–H groups in total. The third-order valence-electron chi connectivity index (χ3n) is 7.14. The molecule has 0 radical (unpaired) electrons. The van der Waals surface area contributed by atoms with Crippen molar-refractivity contribution in [3.63, 3.8) is 0 Å². The summed E-state index contributed by atoms with van der Waals surface area (Å²) in [7, 11) is 2.28. The van der Waals surface area contributed by atoms with Gasteiger partial charge in [0.1, 0.15) is 0 Å². The van der Waals surface area contributed by atoms with Gasteiger partial charge in [-0.1, -0.05) is 0 Å². The fourth-order valence-electron chi connectivity index (χ4n) is 6.18. The smallest absolute Gasteiger partial charge is 0.475 e. The Bertz CT molecular complexity index is 674. The summed E-state index contributed by atoms with van der Waals surface area (Å²) >= 11 is 0. The van der Waals surface area contributed by atoms with Crippen LogP contribution >= 0.6 is 0 Å². The molecular weight excluding hydrogens is 383 g/mol. The molecule has 4 saturated carbocycles. The monoisotopic (exact) mass is 415 g/mol. The number of alkyl halides is 3. The Hall–Kier alpha value is -1.57. The van der Waals surface area contributed by atoms with E-state index in [9.17, 15) is 13.2 Å². The minimum absolute atomic E-state index is 0.712. The van der Waals surface area contributed by atoms with E-state index in [4.69, 9.17) is 9.90 Å². The van der Waals surface area contributed by atoms with Gasteiger partial charge in [-0.25, -0.2) is 4.79 Å². The van der Waals surface area contributed by atoms with Crippen molar-refractivity contribution in [2.45, 2.75) is 71.5 Å². The number of rotatable bonds is 5. The van der Waals surface area contributed by atoms with Gasteiger partial charge in [0, 0.05) is 17.8 Å². The molecule has 0 amide bonds. The summed E-state index contributed by atoms with van der Waals surface area (Å²) in [5.41, 5.74) is 4.51. The van der Waals surface area contributed by atoms with Crippen molar-refractivity contribution >= 4 is 5.97 Å². The SMILES string of the molecule is Cc1n[nH]c(C)c1CN(C)CCC12CC3CC(CC(C3)C1)C2.O=C(O)C(F)(F)F. The number of carboxylic acids is 1. The van der Waals surface area contributed by atoms with Crippen molar-refractivity contribution in [1.29, 1.82) is 0 Å². The van der Waals surface area contributed by atoms with Crippen LogP contribution in [0.15, 0.2) is 0 Å². The molecule has 5 nitrogen and oxygen atoms in total. The Morgan fingerprint density at radius 3 is 2.03 bits per heavy atom. The topological polar surface area (TPSA) is 69.2 Å². The zero-order valence-electron chi connectivity index (χ0n) is 17.5. The fraction of sp³-hybridized carbons (Fsp3) is 0.810. The summed E-state index contributed by atoms with van der Waals surface area (Å²) < 4.78 is 31.7. The lowest BCUT2D eigenvalue weighted by molar-refractivity contribution is -0.192. The number of nitrogens with one attached hydrogen (secondary N) is 1. The number of hydrogen-bond acceptors (Lipinski definition) is 3. The van der Waals surface area contributed by atoms with Crippen LogP contribution < -0.4 is 0 Å². The van der Waals surface area contributed by atoms with Gasteiger partial charge >= 0.3 is 12.1 Å². The van der Waals surface area contributed by atoms with E-state index in [0.717, 1.165) is 24.3 Å². The van der Waals surface area contributed by atoms with Crippen molar-refractivity contribution in [1.82, 2.24) is 15.1 Å². The summed E-state index contributed by atoms with van der Waals surface area (Å²) in [6.45, 7) is 6.55. The van der Waals surface area contributed by atoms with Gasteiger partial charge in [-0.3, -0.25) is 5.10 Å². The Morgan fingerprint density at radius 2 is 1.66 bits per heavy atom. The van der Waals surface area contributed by atoms with Crippen molar-refractivity contribution in [3.05, 3.63) is 17.0 Å². The average Bonchev–Trinajstić information content (AvgIpc) is 2.91. The molecule has 4 fully saturated rings. The molecular formula is C21H32F3N3O2. The molecule has 1 heterocycles. The Balaban J connectivity index is 0.000000298. The van der Waals surface area contributed by atoms with Gasteiger partial charge in [0.25, 0.3) is 0 Å². The zero-order chi connectivity index (χ0) is 21.4. The number of carboxylic acid groups (broad SMARTS) is 1. The first kappa shape index (κ1) is 22.1. The lowest BCUT2D eigenvalue weighted by Gasteiger charge is -2.57. The quantitative estimate of drug-likeness (QED) is 0.732. The van der Waals surface area contributed by atoms with E-state index in [1.54, 1.807) is 19.3 Å². The maximum Gasteiger partial charge on any atom is 0.490 e. The lowest BCUT2D eigenvalue weighted by atomic mass is 9.49. The zero-order valence-corrected chi connectivity index (χ0v) is 17.5. The number of nitrogens with zero attached hydrogens (tertiary/aromatic N) is 2.